The molecule has 0 bridgehead atoms. The van der Waals surface area contributed by atoms with Gasteiger partial charge in [-0.2, -0.15) is 0 Å². The lowest BCUT2D eigenvalue weighted by atomic mass is 9.70. The van der Waals surface area contributed by atoms with Crippen LogP contribution >= 0.6 is 0 Å². The second kappa shape index (κ2) is 11.2. The molecule has 0 saturated heterocycles. The average molecular weight is 461 g/mol. The predicted molar refractivity (Wildman–Crippen MR) is 140 cm³/mol. The van der Waals surface area contributed by atoms with Crippen molar-refractivity contribution in [3.05, 3.63) is 88.5 Å². The number of hydrogen-bond acceptors (Lipinski definition) is 4. The molecule has 0 aliphatic heterocycles. The summed E-state index contributed by atoms with van der Waals surface area (Å²) in [6, 6.07) is 19.8. The van der Waals surface area contributed by atoms with Crippen LogP contribution in [0.3, 0.4) is 0 Å². The molecule has 3 rings (SSSR count). The lowest BCUT2D eigenvalue weighted by Crippen LogP contribution is -2.27. The van der Waals surface area contributed by atoms with Gasteiger partial charge in [0.05, 0.1) is 18.0 Å². The van der Waals surface area contributed by atoms with Crippen LogP contribution in [0.15, 0.2) is 60.7 Å². The molecule has 0 atom stereocenters. The second-order valence-electron chi connectivity index (χ2n) is 8.77. The van der Waals surface area contributed by atoms with E-state index >= 15 is 0 Å². The van der Waals surface area contributed by atoms with Gasteiger partial charge in [-0.1, -0.05) is 50.2 Å². The SMILES string of the molecule is CCC(CC)(c1ccc(OCCCO)c(C)c1)c1ccc(C(=O)Nc2ccccc2N)c(C)c1. The van der Waals surface area contributed by atoms with Gasteiger partial charge in [-0.3, -0.25) is 4.79 Å². The van der Waals surface area contributed by atoms with Crippen LogP contribution in [0.1, 0.15) is 65.7 Å². The molecule has 0 unspecified atom stereocenters. The summed E-state index contributed by atoms with van der Waals surface area (Å²) < 4.78 is 5.82. The molecule has 5 heteroatoms. The summed E-state index contributed by atoms with van der Waals surface area (Å²) in [5.41, 5.74) is 12.0. The van der Waals surface area contributed by atoms with E-state index in [0.717, 1.165) is 29.7 Å². The Labute approximate surface area is 203 Å². The average Bonchev–Trinajstić information content (AvgIpc) is 2.83. The van der Waals surface area contributed by atoms with E-state index in [1.165, 1.54) is 11.1 Å². The molecule has 4 N–H and O–H groups in total. The Morgan fingerprint density at radius 3 is 2.21 bits per heavy atom. The van der Waals surface area contributed by atoms with Gasteiger partial charge in [0, 0.05) is 24.0 Å². The van der Waals surface area contributed by atoms with Crippen molar-refractivity contribution >= 4 is 17.3 Å². The highest BCUT2D eigenvalue weighted by Gasteiger charge is 2.31. The number of para-hydroxylation sites is 2. The molecule has 3 aromatic rings. The molecule has 1 amide bonds. The molecule has 0 aliphatic carbocycles. The number of hydrogen-bond donors (Lipinski definition) is 3. The zero-order valence-corrected chi connectivity index (χ0v) is 20.7. The summed E-state index contributed by atoms with van der Waals surface area (Å²) in [6.07, 6.45) is 2.48. The second-order valence-corrected chi connectivity index (χ2v) is 8.77. The van der Waals surface area contributed by atoms with Crippen LogP contribution in [0.2, 0.25) is 0 Å². The van der Waals surface area contributed by atoms with Crippen molar-refractivity contribution < 1.29 is 14.6 Å². The minimum absolute atomic E-state index is 0.123. The zero-order chi connectivity index (χ0) is 24.7. The van der Waals surface area contributed by atoms with Gasteiger partial charge in [-0.15, -0.1) is 0 Å². The lowest BCUT2D eigenvalue weighted by Gasteiger charge is -2.34. The Hall–Kier alpha value is -3.31. The molecule has 3 aromatic carbocycles. The maximum absolute atomic E-state index is 13.0. The highest BCUT2D eigenvalue weighted by atomic mass is 16.5. The van der Waals surface area contributed by atoms with Gasteiger partial charge in [0.2, 0.25) is 0 Å². The van der Waals surface area contributed by atoms with Crippen molar-refractivity contribution in [2.24, 2.45) is 0 Å². The number of anilines is 2. The first-order valence-electron chi connectivity index (χ1n) is 12.0. The number of nitrogens with one attached hydrogen (secondary N) is 1. The van der Waals surface area contributed by atoms with Crippen LogP contribution in [-0.2, 0) is 5.41 Å². The van der Waals surface area contributed by atoms with Crippen molar-refractivity contribution in [1.82, 2.24) is 0 Å². The molecule has 0 spiro atoms. The third-order valence-electron chi connectivity index (χ3n) is 6.73. The van der Waals surface area contributed by atoms with Crippen LogP contribution < -0.4 is 15.8 Å². The number of nitrogens with two attached hydrogens (primary N) is 1. The Balaban J connectivity index is 1.91. The predicted octanol–water partition coefficient (Wildman–Crippen LogP) is 6.01. The Kier molecular flexibility index (Phi) is 8.35. The first kappa shape index (κ1) is 25.3. The van der Waals surface area contributed by atoms with E-state index in [2.05, 4.69) is 50.4 Å². The molecule has 5 nitrogen and oxygen atoms in total. The van der Waals surface area contributed by atoms with E-state index in [4.69, 9.17) is 15.6 Å². The molecule has 0 saturated carbocycles. The van der Waals surface area contributed by atoms with Crippen molar-refractivity contribution in [3.8, 4) is 5.75 Å². The number of nitrogen functional groups attached to an aromatic ring is 1. The number of rotatable bonds is 10. The lowest BCUT2D eigenvalue weighted by molar-refractivity contribution is 0.102. The molecular weight excluding hydrogens is 424 g/mol. The third kappa shape index (κ3) is 5.26. The van der Waals surface area contributed by atoms with E-state index in [9.17, 15) is 4.79 Å². The van der Waals surface area contributed by atoms with Crippen LogP contribution in [0, 0.1) is 13.8 Å². The van der Waals surface area contributed by atoms with Gasteiger partial charge in [-0.25, -0.2) is 0 Å². The third-order valence-corrected chi connectivity index (χ3v) is 6.73. The van der Waals surface area contributed by atoms with Crippen LogP contribution in [0.5, 0.6) is 5.75 Å². The van der Waals surface area contributed by atoms with Crippen LogP contribution in [0.4, 0.5) is 11.4 Å². The largest absolute Gasteiger partial charge is 0.493 e. The maximum atomic E-state index is 13.0. The maximum Gasteiger partial charge on any atom is 0.255 e. The van der Waals surface area contributed by atoms with Crippen molar-refractivity contribution in [1.29, 1.82) is 0 Å². The van der Waals surface area contributed by atoms with E-state index in [-0.39, 0.29) is 17.9 Å². The number of aryl methyl sites for hydroxylation is 2. The van der Waals surface area contributed by atoms with Gasteiger partial charge < -0.3 is 20.9 Å². The number of aliphatic hydroxyl groups is 1. The van der Waals surface area contributed by atoms with E-state index < -0.39 is 0 Å². The van der Waals surface area contributed by atoms with Crippen LogP contribution in [0.25, 0.3) is 0 Å². The zero-order valence-electron chi connectivity index (χ0n) is 20.7. The number of carbonyl (C=O) groups is 1. The van der Waals surface area contributed by atoms with Gasteiger partial charge >= 0.3 is 0 Å². The number of aliphatic hydroxyl groups excluding tert-OH is 1. The highest BCUT2D eigenvalue weighted by molar-refractivity contribution is 6.06. The number of ether oxygens (including phenoxy) is 1. The quantitative estimate of drug-likeness (QED) is 0.256. The van der Waals surface area contributed by atoms with Gasteiger partial charge in [0.15, 0.2) is 0 Å². The number of amides is 1. The molecule has 0 fully saturated rings. The first-order valence-corrected chi connectivity index (χ1v) is 12.0. The molecule has 180 valence electrons. The summed E-state index contributed by atoms with van der Waals surface area (Å²) in [6.45, 7) is 9.07. The van der Waals surface area contributed by atoms with E-state index in [1.807, 2.05) is 31.2 Å². The molecule has 0 heterocycles. The number of benzene rings is 3. The Morgan fingerprint density at radius 2 is 1.62 bits per heavy atom. The fourth-order valence-electron chi connectivity index (χ4n) is 4.61. The summed E-state index contributed by atoms with van der Waals surface area (Å²) in [4.78, 5) is 13.0. The topological polar surface area (TPSA) is 84.6 Å². The Morgan fingerprint density at radius 1 is 0.971 bits per heavy atom. The van der Waals surface area contributed by atoms with Crippen LogP contribution in [-0.4, -0.2) is 24.2 Å². The fraction of sp³-hybridized carbons (Fsp3) is 0.345. The summed E-state index contributed by atoms with van der Waals surface area (Å²) in [5.74, 6) is 0.683. The van der Waals surface area contributed by atoms with Gasteiger partial charge in [0.25, 0.3) is 5.91 Å². The van der Waals surface area contributed by atoms with E-state index in [0.29, 0.717) is 30.0 Å². The van der Waals surface area contributed by atoms with Crippen molar-refractivity contribution in [3.63, 3.8) is 0 Å². The minimum Gasteiger partial charge on any atom is -0.493 e. The van der Waals surface area contributed by atoms with Crippen molar-refractivity contribution in [2.75, 3.05) is 24.3 Å². The number of carbonyl (C=O) groups excluding carboxylic acids is 1. The highest BCUT2D eigenvalue weighted by Crippen LogP contribution is 2.41. The Bertz CT molecular complexity index is 1140. The monoisotopic (exact) mass is 460 g/mol. The molecule has 34 heavy (non-hydrogen) atoms. The first-order chi connectivity index (χ1) is 16.4. The smallest absolute Gasteiger partial charge is 0.255 e. The molecule has 0 radical (unpaired) electrons. The van der Waals surface area contributed by atoms with Gasteiger partial charge in [-0.05, 0) is 73.2 Å². The molecule has 0 aromatic heterocycles. The standard InChI is InChI=1S/C29H36N2O3/c1-5-29(6-2,23-13-15-27(21(4)19-23)34-17-9-16-32)22-12-14-24(20(3)18-22)28(33)31-26-11-8-7-10-25(26)30/h7-8,10-15,18-19,32H,5-6,9,16-17,30H2,1-4H3,(H,31,33). The summed E-state index contributed by atoms with van der Waals surface area (Å²) in [5, 5.41) is 11.9. The minimum atomic E-state index is -0.169. The van der Waals surface area contributed by atoms with E-state index in [1.54, 1.807) is 12.1 Å². The fourth-order valence-corrected chi connectivity index (χ4v) is 4.61. The normalized spacial score (nSPS) is 11.3. The summed E-state index contributed by atoms with van der Waals surface area (Å²) in [7, 11) is 0. The molecular formula is C29H36N2O3. The summed E-state index contributed by atoms with van der Waals surface area (Å²) >= 11 is 0. The van der Waals surface area contributed by atoms with Gasteiger partial charge in [0.1, 0.15) is 5.75 Å². The molecule has 0 aliphatic rings. The van der Waals surface area contributed by atoms with Crippen molar-refractivity contribution in [2.45, 2.75) is 52.4 Å².